The maximum atomic E-state index is 15.1. The highest BCUT2D eigenvalue weighted by molar-refractivity contribution is 5.99. The summed E-state index contributed by atoms with van der Waals surface area (Å²) in [6.45, 7) is 3.12. The van der Waals surface area contributed by atoms with Crippen molar-refractivity contribution in [2.24, 2.45) is 17.1 Å². The summed E-state index contributed by atoms with van der Waals surface area (Å²) in [7, 11) is 0. The summed E-state index contributed by atoms with van der Waals surface area (Å²) >= 11 is 0. The van der Waals surface area contributed by atoms with Gasteiger partial charge in [-0.3, -0.25) is 14.6 Å². The number of hydrogen-bond acceptors (Lipinski definition) is 6. The second-order valence-electron chi connectivity index (χ2n) is 12.1. The third-order valence-electron chi connectivity index (χ3n) is 9.26. The number of primary amides is 1. The Balaban J connectivity index is 1.14. The van der Waals surface area contributed by atoms with Gasteiger partial charge in [0, 0.05) is 30.6 Å². The fourth-order valence-corrected chi connectivity index (χ4v) is 6.31. The number of piperidine rings is 1. The molecule has 228 valence electrons. The Bertz CT molecular complexity index is 1310. The first kappa shape index (κ1) is 30.2. The average Bonchev–Trinajstić information content (AvgIpc) is 3.24. The highest BCUT2D eigenvalue weighted by Crippen LogP contribution is 2.53. The van der Waals surface area contributed by atoms with Gasteiger partial charge in [-0.05, 0) is 81.9 Å². The molecule has 2 saturated heterocycles. The SMILES string of the molecule is C[C@@]1(C(N)=O)C[C@@H](O)CN1C(=O)c1ccc(-c2ccc(OCC3CCN(CC4(C(F)(F)F)CCC4)CC3)cn2)c(F)c1. The molecule has 12 heteroatoms. The van der Waals surface area contributed by atoms with E-state index in [9.17, 15) is 27.9 Å². The van der Waals surface area contributed by atoms with Crippen LogP contribution in [0.5, 0.6) is 5.75 Å². The van der Waals surface area contributed by atoms with Gasteiger partial charge >= 0.3 is 6.18 Å². The highest BCUT2D eigenvalue weighted by atomic mass is 19.4. The molecule has 2 aromatic rings. The number of carbonyl (C=O) groups is 2. The van der Waals surface area contributed by atoms with Gasteiger partial charge in [0.2, 0.25) is 5.91 Å². The number of aliphatic hydroxyl groups excluding tert-OH is 1. The van der Waals surface area contributed by atoms with Crippen molar-refractivity contribution in [3.63, 3.8) is 0 Å². The number of benzene rings is 1. The number of amides is 2. The highest BCUT2D eigenvalue weighted by Gasteiger charge is 2.58. The summed E-state index contributed by atoms with van der Waals surface area (Å²) in [5, 5.41) is 10.0. The number of ether oxygens (including phenoxy) is 1. The number of β-amino-alcohol motifs (C(OH)–C–C–N with tert-alkyl or cyclic N) is 1. The Kier molecular flexibility index (Phi) is 8.23. The second-order valence-corrected chi connectivity index (χ2v) is 12.1. The van der Waals surface area contributed by atoms with Crippen LogP contribution in [0.4, 0.5) is 17.6 Å². The number of pyridine rings is 1. The van der Waals surface area contributed by atoms with Crippen LogP contribution in [0.25, 0.3) is 11.3 Å². The minimum absolute atomic E-state index is 0.00869. The minimum Gasteiger partial charge on any atom is -0.492 e. The molecule has 42 heavy (non-hydrogen) atoms. The van der Waals surface area contributed by atoms with Crippen LogP contribution in [0.15, 0.2) is 36.5 Å². The van der Waals surface area contributed by atoms with Crippen LogP contribution in [-0.4, -0.2) is 82.3 Å². The van der Waals surface area contributed by atoms with Gasteiger partial charge in [0.25, 0.3) is 5.91 Å². The van der Waals surface area contributed by atoms with E-state index in [4.69, 9.17) is 10.5 Å². The lowest BCUT2D eigenvalue weighted by Crippen LogP contribution is -2.53. The molecule has 0 radical (unpaired) electrons. The molecule has 3 heterocycles. The molecule has 0 unspecified atom stereocenters. The maximum absolute atomic E-state index is 15.1. The van der Waals surface area contributed by atoms with Crippen LogP contribution in [0, 0.1) is 17.2 Å². The lowest BCUT2D eigenvalue weighted by atomic mass is 9.67. The smallest absolute Gasteiger partial charge is 0.395 e. The third kappa shape index (κ3) is 5.83. The second kappa shape index (κ2) is 11.4. The number of aromatic nitrogens is 1. The number of carbonyl (C=O) groups excluding carboxylic acids is 2. The molecule has 2 aliphatic heterocycles. The Morgan fingerprint density at radius 2 is 1.88 bits per heavy atom. The van der Waals surface area contributed by atoms with Gasteiger partial charge in [-0.1, -0.05) is 6.42 Å². The molecular formula is C30H36F4N4O4. The van der Waals surface area contributed by atoms with E-state index in [2.05, 4.69) is 4.98 Å². The fourth-order valence-electron chi connectivity index (χ4n) is 6.31. The van der Waals surface area contributed by atoms with E-state index < -0.39 is 40.9 Å². The van der Waals surface area contributed by atoms with Gasteiger partial charge in [-0.25, -0.2) is 4.39 Å². The van der Waals surface area contributed by atoms with Gasteiger partial charge in [0.1, 0.15) is 17.1 Å². The number of nitrogens with two attached hydrogens (primary N) is 1. The Labute approximate surface area is 241 Å². The topological polar surface area (TPSA) is 109 Å². The number of halogens is 4. The fraction of sp³-hybridized carbons (Fsp3) is 0.567. The van der Waals surface area contributed by atoms with Gasteiger partial charge in [0.05, 0.1) is 30.0 Å². The molecule has 3 aliphatic rings. The van der Waals surface area contributed by atoms with E-state index >= 15 is 4.39 Å². The first-order valence-corrected chi connectivity index (χ1v) is 14.3. The molecule has 2 atom stereocenters. The molecule has 5 rings (SSSR count). The molecule has 1 aliphatic carbocycles. The van der Waals surface area contributed by atoms with Crippen molar-refractivity contribution in [3.05, 3.63) is 47.9 Å². The van der Waals surface area contributed by atoms with E-state index in [1.807, 2.05) is 4.90 Å². The molecule has 2 amide bonds. The summed E-state index contributed by atoms with van der Waals surface area (Å²) in [5.41, 5.74) is 3.10. The normalized spacial score (nSPS) is 24.8. The number of alkyl halides is 3. The lowest BCUT2D eigenvalue weighted by Gasteiger charge is -2.47. The monoisotopic (exact) mass is 592 g/mol. The van der Waals surface area contributed by atoms with Crippen LogP contribution in [0.1, 0.15) is 55.8 Å². The summed E-state index contributed by atoms with van der Waals surface area (Å²) < 4.78 is 61.5. The number of likely N-dealkylation sites (tertiary alicyclic amines) is 2. The van der Waals surface area contributed by atoms with Crippen LogP contribution in [0.3, 0.4) is 0 Å². The lowest BCUT2D eigenvalue weighted by molar-refractivity contribution is -0.256. The minimum atomic E-state index is -4.15. The Morgan fingerprint density at radius 1 is 1.17 bits per heavy atom. The van der Waals surface area contributed by atoms with Crippen molar-refractivity contribution in [2.75, 3.05) is 32.8 Å². The number of rotatable bonds is 8. The molecular weight excluding hydrogens is 556 g/mol. The number of aliphatic hydroxyl groups is 1. The number of hydrogen-bond donors (Lipinski definition) is 2. The van der Waals surface area contributed by atoms with E-state index in [-0.39, 0.29) is 49.4 Å². The van der Waals surface area contributed by atoms with Gasteiger partial charge in [-0.15, -0.1) is 0 Å². The first-order valence-electron chi connectivity index (χ1n) is 14.3. The van der Waals surface area contributed by atoms with Crippen LogP contribution >= 0.6 is 0 Å². The van der Waals surface area contributed by atoms with Crippen LogP contribution < -0.4 is 10.5 Å². The zero-order valence-electron chi connectivity index (χ0n) is 23.5. The molecule has 0 bridgehead atoms. The molecule has 8 nitrogen and oxygen atoms in total. The molecule has 3 fully saturated rings. The van der Waals surface area contributed by atoms with Crippen molar-refractivity contribution in [3.8, 4) is 17.0 Å². The third-order valence-corrected chi connectivity index (χ3v) is 9.26. The summed E-state index contributed by atoms with van der Waals surface area (Å²) in [6, 6.07) is 7.22. The van der Waals surface area contributed by atoms with E-state index in [1.165, 1.54) is 30.2 Å². The van der Waals surface area contributed by atoms with Crippen molar-refractivity contribution >= 4 is 11.8 Å². The largest absolute Gasteiger partial charge is 0.492 e. The number of nitrogens with zero attached hydrogens (tertiary/aromatic N) is 3. The predicted molar refractivity (Wildman–Crippen MR) is 146 cm³/mol. The van der Waals surface area contributed by atoms with Crippen molar-refractivity contribution in [1.29, 1.82) is 0 Å². The molecule has 1 aromatic carbocycles. The Morgan fingerprint density at radius 3 is 2.43 bits per heavy atom. The van der Waals surface area contributed by atoms with Gasteiger partial charge < -0.3 is 25.4 Å². The molecule has 1 saturated carbocycles. The van der Waals surface area contributed by atoms with Crippen LogP contribution in [-0.2, 0) is 4.79 Å². The van der Waals surface area contributed by atoms with Crippen molar-refractivity contribution in [2.45, 2.75) is 63.3 Å². The quantitative estimate of drug-likeness (QED) is 0.446. The van der Waals surface area contributed by atoms with E-state index in [0.29, 0.717) is 37.6 Å². The molecule has 1 aromatic heterocycles. The zero-order valence-corrected chi connectivity index (χ0v) is 23.5. The van der Waals surface area contributed by atoms with Crippen molar-refractivity contribution < 1.29 is 37.0 Å². The molecule has 0 spiro atoms. The summed E-state index contributed by atoms with van der Waals surface area (Å²) in [5.74, 6) is -1.31. The standard InChI is InChI=1S/C30H36F4N4O4/c1-28(27(35)41)14-21(39)16-38(28)26(40)20-3-5-23(24(31)13-20)25-6-4-22(15-36-25)42-17-19-7-11-37(12-8-19)18-29(9-2-10-29)30(32,33)34/h3-6,13,15,19,21,39H,2,7-12,14,16-18H2,1H3,(H2,35,41)/t21-,28+/m1/s1. The van der Waals surface area contributed by atoms with E-state index in [1.54, 1.807) is 12.1 Å². The maximum Gasteiger partial charge on any atom is 0.395 e. The van der Waals surface area contributed by atoms with Gasteiger partial charge in [0.15, 0.2) is 0 Å². The summed E-state index contributed by atoms with van der Waals surface area (Å²) in [4.78, 5) is 32.4. The average molecular weight is 593 g/mol. The molecule has 3 N–H and O–H groups in total. The summed E-state index contributed by atoms with van der Waals surface area (Å²) in [6.07, 6.45) is -0.990. The van der Waals surface area contributed by atoms with E-state index in [0.717, 1.165) is 18.9 Å². The predicted octanol–water partition coefficient (Wildman–Crippen LogP) is 4.16. The van der Waals surface area contributed by atoms with Crippen LogP contribution in [0.2, 0.25) is 0 Å². The van der Waals surface area contributed by atoms with Crippen molar-refractivity contribution in [1.82, 2.24) is 14.8 Å². The van der Waals surface area contributed by atoms with Gasteiger partial charge in [-0.2, -0.15) is 13.2 Å². The first-order chi connectivity index (χ1) is 19.8. The zero-order chi connectivity index (χ0) is 30.3. The Hall–Kier alpha value is -3.25.